The average Bonchev–Trinajstić information content (AvgIpc) is 2.45. The van der Waals surface area contributed by atoms with Gasteiger partial charge in [0.1, 0.15) is 0 Å². The van der Waals surface area contributed by atoms with Crippen LogP contribution in [0.4, 0.5) is 0 Å². The zero-order valence-corrected chi connectivity index (χ0v) is 9.48. The minimum atomic E-state index is -0.263. The van der Waals surface area contributed by atoms with Gasteiger partial charge < -0.3 is 10.5 Å². The maximum atomic E-state index is 11.0. The van der Waals surface area contributed by atoms with E-state index in [4.69, 9.17) is 5.73 Å². The second kappa shape index (κ2) is 4.57. The summed E-state index contributed by atoms with van der Waals surface area (Å²) in [5.41, 5.74) is 6.95. The molecular formula is C10H15NO2S. The Kier molecular flexibility index (Phi) is 3.66. The fourth-order valence-electron chi connectivity index (χ4n) is 1.39. The van der Waals surface area contributed by atoms with E-state index in [0.29, 0.717) is 0 Å². The van der Waals surface area contributed by atoms with Gasteiger partial charge in [0.05, 0.1) is 13.5 Å². The number of hydrogen-bond donors (Lipinski definition) is 1. The molecule has 0 aliphatic heterocycles. The Hall–Kier alpha value is -0.870. The first-order valence-corrected chi connectivity index (χ1v) is 5.25. The standard InChI is InChI=1S/C10H15NO2S/c1-6-4-8(7(2)14-6)9(11)5-10(12)13-3/h4,9H,5,11H2,1-3H3. The lowest BCUT2D eigenvalue weighted by atomic mass is 10.1. The zero-order chi connectivity index (χ0) is 10.7. The van der Waals surface area contributed by atoms with Crippen LogP contribution < -0.4 is 5.73 Å². The molecule has 1 heterocycles. The van der Waals surface area contributed by atoms with Crippen LogP contribution in [0.2, 0.25) is 0 Å². The molecule has 0 aliphatic rings. The third-order valence-electron chi connectivity index (χ3n) is 2.09. The van der Waals surface area contributed by atoms with Crippen molar-refractivity contribution >= 4 is 17.3 Å². The molecule has 1 atom stereocenters. The summed E-state index contributed by atoms with van der Waals surface area (Å²) in [6.07, 6.45) is 0.244. The summed E-state index contributed by atoms with van der Waals surface area (Å²) in [5, 5.41) is 0. The van der Waals surface area contributed by atoms with E-state index in [-0.39, 0.29) is 18.4 Å². The highest BCUT2D eigenvalue weighted by atomic mass is 32.1. The summed E-state index contributed by atoms with van der Waals surface area (Å²) in [6, 6.07) is 1.79. The predicted molar refractivity (Wildman–Crippen MR) is 57.4 cm³/mol. The Bertz CT molecular complexity index is 333. The van der Waals surface area contributed by atoms with E-state index in [9.17, 15) is 4.79 Å². The number of nitrogens with two attached hydrogens (primary N) is 1. The van der Waals surface area contributed by atoms with Crippen molar-refractivity contribution in [1.82, 2.24) is 0 Å². The molecule has 0 amide bonds. The molecule has 3 nitrogen and oxygen atoms in total. The number of carbonyl (C=O) groups is 1. The van der Waals surface area contributed by atoms with E-state index in [1.165, 1.54) is 16.9 Å². The molecule has 78 valence electrons. The first-order chi connectivity index (χ1) is 6.54. The number of ether oxygens (including phenoxy) is 1. The van der Waals surface area contributed by atoms with E-state index >= 15 is 0 Å². The first kappa shape index (κ1) is 11.2. The maximum Gasteiger partial charge on any atom is 0.307 e. The van der Waals surface area contributed by atoms with Crippen molar-refractivity contribution in [2.24, 2.45) is 5.73 Å². The molecule has 1 unspecified atom stereocenters. The lowest BCUT2D eigenvalue weighted by molar-refractivity contribution is -0.141. The normalized spacial score (nSPS) is 12.6. The van der Waals surface area contributed by atoms with E-state index < -0.39 is 0 Å². The van der Waals surface area contributed by atoms with E-state index in [1.54, 1.807) is 11.3 Å². The summed E-state index contributed by atoms with van der Waals surface area (Å²) >= 11 is 1.70. The molecular weight excluding hydrogens is 198 g/mol. The Morgan fingerprint density at radius 3 is 2.71 bits per heavy atom. The van der Waals surface area contributed by atoms with Crippen molar-refractivity contribution in [2.45, 2.75) is 26.3 Å². The largest absolute Gasteiger partial charge is 0.469 e. The summed E-state index contributed by atoms with van der Waals surface area (Å²) in [4.78, 5) is 13.4. The second-order valence-corrected chi connectivity index (χ2v) is 4.72. The van der Waals surface area contributed by atoms with Crippen molar-refractivity contribution in [3.63, 3.8) is 0 Å². The van der Waals surface area contributed by atoms with Crippen LogP contribution >= 0.6 is 11.3 Å². The van der Waals surface area contributed by atoms with Crippen LogP contribution in [0.15, 0.2) is 6.07 Å². The van der Waals surface area contributed by atoms with Crippen molar-refractivity contribution < 1.29 is 9.53 Å². The molecule has 0 aliphatic carbocycles. The number of hydrogen-bond acceptors (Lipinski definition) is 4. The predicted octanol–water partition coefficient (Wildman–Crippen LogP) is 1.93. The van der Waals surface area contributed by atoms with Gasteiger partial charge in [-0.25, -0.2) is 0 Å². The lowest BCUT2D eigenvalue weighted by Gasteiger charge is -2.09. The minimum Gasteiger partial charge on any atom is -0.469 e. The highest BCUT2D eigenvalue weighted by molar-refractivity contribution is 7.12. The minimum absolute atomic E-state index is 0.243. The molecule has 0 bridgehead atoms. The van der Waals surface area contributed by atoms with E-state index in [2.05, 4.69) is 4.74 Å². The SMILES string of the molecule is COC(=O)CC(N)c1cc(C)sc1C. The van der Waals surface area contributed by atoms with Crippen molar-refractivity contribution in [3.05, 3.63) is 21.4 Å². The Balaban J connectivity index is 2.73. The fraction of sp³-hybridized carbons (Fsp3) is 0.500. The monoisotopic (exact) mass is 213 g/mol. The maximum absolute atomic E-state index is 11.0. The van der Waals surface area contributed by atoms with Crippen LogP contribution in [-0.4, -0.2) is 13.1 Å². The van der Waals surface area contributed by atoms with E-state index in [1.807, 2.05) is 19.9 Å². The fourth-order valence-corrected chi connectivity index (χ4v) is 2.39. The number of carbonyl (C=O) groups excluding carboxylic acids is 1. The van der Waals surface area contributed by atoms with Gasteiger partial charge in [-0.3, -0.25) is 4.79 Å². The van der Waals surface area contributed by atoms with Gasteiger partial charge >= 0.3 is 5.97 Å². The molecule has 2 N–H and O–H groups in total. The first-order valence-electron chi connectivity index (χ1n) is 4.44. The van der Waals surface area contributed by atoms with Gasteiger partial charge in [-0.15, -0.1) is 11.3 Å². The van der Waals surface area contributed by atoms with Crippen molar-refractivity contribution in [1.29, 1.82) is 0 Å². The molecule has 0 saturated carbocycles. The van der Waals surface area contributed by atoms with Crippen LogP contribution in [0.1, 0.15) is 27.8 Å². The van der Waals surface area contributed by atoms with Gasteiger partial charge in [0.2, 0.25) is 0 Å². The number of methoxy groups -OCH3 is 1. The summed E-state index contributed by atoms with van der Waals surface area (Å²) in [7, 11) is 1.38. The quantitative estimate of drug-likeness (QED) is 0.780. The van der Waals surface area contributed by atoms with Crippen LogP contribution in [0, 0.1) is 13.8 Å². The Labute approximate surface area is 87.9 Å². The number of aryl methyl sites for hydroxylation is 2. The summed E-state index contributed by atoms with van der Waals surface area (Å²) in [6.45, 7) is 4.05. The van der Waals surface area contributed by atoms with Crippen molar-refractivity contribution in [3.8, 4) is 0 Å². The van der Waals surface area contributed by atoms with Crippen LogP contribution in [0.25, 0.3) is 0 Å². The number of thiophene rings is 1. The summed E-state index contributed by atoms with van der Waals surface area (Å²) in [5.74, 6) is -0.263. The molecule has 0 spiro atoms. The molecule has 4 heteroatoms. The molecule has 0 saturated heterocycles. The Morgan fingerprint density at radius 2 is 2.29 bits per heavy atom. The average molecular weight is 213 g/mol. The highest BCUT2D eigenvalue weighted by Crippen LogP contribution is 2.26. The molecule has 0 fully saturated rings. The van der Waals surface area contributed by atoms with Crippen LogP contribution in [0.3, 0.4) is 0 Å². The molecule has 0 radical (unpaired) electrons. The van der Waals surface area contributed by atoms with Gasteiger partial charge in [0, 0.05) is 15.8 Å². The molecule has 1 aromatic heterocycles. The van der Waals surface area contributed by atoms with Gasteiger partial charge in [0.15, 0.2) is 0 Å². The van der Waals surface area contributed by atoms with Gasteiger partial charge in [-0.05, 0) is 25.5 Å². The van der Waals surface area contributed by atoms with Crippen LogP contribution in [-0.2, 0) is 9.53 Å². The number of esters is 1. The van der Waals surface area contributed by atoms with Gasteiger partial charge in [-0.2, -0.15) is 0 Å². The van der Waals surface area contributed by atoms with Gasteiger partial charge in [0.25, 0.3) is 0 Å². The third kappa shape index (κ3) is 2.56. The molecule has 1 aromatic rings. The lowest BCUT2D eigenvalue weighted by Crippen LogP contribution is -2.16. The highest BCUT2D eigenvalue weighted by Gasteiger charge is 2.15. The Morgan fingerprint density at radius 1 is 1.64 bits per heavy atom. The topological polar surface area (TPSA) is 52.3 Å². The molecule has 1 rings (SSSR count). The van der Waals surface area contributed by atoms with E-state index in [0.717, 1.165) is 5.56 Å². The van der Waals surface area contributed by atoms with Crippen molar-refractivity contribution in [2.75, 3.05) is 7.11 Å². The zero-order valence-electron chi connectivity index (χ0n) is 8.66. The third-order valence-corrected chi connectivity index (χ3v) is 3.07. The number of rotatable bonds is 3. The molecule has 0 aromatic carbocycles. The summed E-state index contributed by atoms with van der Waals surface area (Å²) < 4.78 is 4.57. The van der Waals surface area contributed by atoms with Crippen LogP contribution in [0.5, 0.6) is 0 Å². The van der Waals surface area contributed by atoms with Gasteiger partial charge in [-0.1, -0.05) is 0 Å². The smallest absolute Gasteiger partial charge is 0.307 e. The molecule has 14 heavy (non-hydrogen) atoms. The second-order valence-electron chi connectivity index (χ2n) is 3.26.